The van der Waals surface area contributed by atoms with Gasteiger partial charge in [0, 0.05) is 6.20 Å². The Bertz CT molecular complexity index is 473. The molecule has 0 spiro atoms. The van der Waals surface area contributed by atoms with Gasteiger partial charge in [-0.25, -0.2) is 4.79 Å². The SMILES string of the molecule is CCCNC(C)(Cn1ccc(C(F)(F)F)n1)C(=O)OCC. The van der Waals surface area contributed by atoms with Crippen LogP contribution in [0.2, 0.25) is 0 Å². The van der Waals surface area contributed by atoms with Gasteiger partial charge < -0.3 is 10.1 Å². The topological polar surface area (TPSA) is 56.2 Å². The van der Waals surface area contributed by atoms with Crippen LogP contribution < -0.4 is 5.32 Å². The molecular weight excluding hydrogens is 287 g/mol. The van der Waals surface area contributed by atoms with Gasteiger partial charge in [0.25, 0.3) is 0 Å². The number of hydrogen-bond acceptors (Lipinski definition) is 4. The van der Waals surface area contributed by atoms with Crippen LogP contribution in [0.1, 0.15) is 32.9 Å². The first kappa shape index (κ1) is 17.5. The third-order valence-corrected chi connectivity index (χ3v) is 2.90. The summed E-state index contributed by atoms with van der Waals surface area (Å²) in [5.41, 5.74) is -2.11. The van der Waals surface area contributed by atoms with Gasteiger partial charge >= 0.3 is 12.1 Å². The highest BCUT2D eigenvalue weighted by Crippen LogP contribution is 2.27. The molecule has 0 fully saturated rings. The van der Waals surface area contributed by atoms with Crippen molar-refractivity contribution in [3.63, 3.8) is 0 Å². The molecule has 5 nitrogen and oxygen atoms in total. The molecule has 0 aliphatic rings. The maximum absolute atomic E-state index is 12.5. The van der Waals surface area contributed by atoms with E-state index in [1.165, 1.54) is 6.20 Å². The predicted octanol–water partition coefficient (Wildman–Crippen LogP) is 2.22. The lowest BCUT2D eigenvalue weighted by molar-refractivity contribution is -0.151. The number of carbonyl (C=O) groups excluding carboxylic acids is 1. The van der Waals surface area contributed by atoms with Crippen LogP contribution in [0, 0.1) is 0 Å². The van der Waals surface area contributed by atoms with Gasteiger partial charge in [-0.15, -0.1) is 0 Å². The van der Waals surface area contributed by atoms with E-state index in [0.717, 1.165) is 17.2 Å². The van der Waals surface area contributed by atoms with E-state index in [9.17, 15) is 18.0 Å². The van der Waals surface area contributed by atoms with Crippen LogP contribution in [0.25, 0.3) is 0 Å². The molecule has 0 amide bonds. The summed E-state index contributed by atoms with van der Waals surface area (Å²) in [5, 5.41) is 6.47. The first-order chi connectivity index (χ1) is 9.73. The molecule has 1 atom stereocenters. The average Bonchev–Trinajstić information content (AvgIpc) is 2.85. The number of nitrogens with zero attached hydrogens (tertiary/aromatic N) is 2. The smallest absolute Gasteiger partial charge is 0.435 e. The molecule has 0 saturated carbocycles. The maximum Gasteiger partial charge on any atom is 0.435 e. The van der Waals surface area contributed by atoms with E-state index in [0.29, 0.717) is 6.54 Å². The van der Waals surface area contributed by atoms with Gasteiger partial charge in [0.05, 0.1) is 13.2 Å². The van der Waals surface area contributed by atoms with E-state index >= 15 is 0 Å². The van der Waals surface area contributed by atoms with E-state index < -0.39 is 23.4 Å². The number of ether oxygens (including phenoxy) is 1. The van der Waals surface area contributed by atoms with Crippen molar-refractivity contribution >= 4 is 5.97 Å². The highest BCUT2D eigenvalue weighted by Gasteiger charge is 2.37. The van der Waals surface area contributed by atoms with Gasteiger partial charge in [-0.2, -0.15) is 18.3 Å². The minimum atomic E-state index is -4.50. The van der Waals surface area contributed by atoms with E-state index in [1.54, 1.807) is 13.8 Å². The summed E-state index contributed by atoms with van der Waals surface area (Å²) in [7, 11) is 0. The molecule has 1 N–H and O–H groups in total. The van der Waals surface area contributed by atoms with Gasteiger partial charge in [-0.05, 0) is 32.9 Å². The van der Waals surface area contributed by atoms with Gasteiger partial charge in [0.15, 0.2) is 5.69 Å². The van der Waals surface area contributed by atoms with E-state index in [-0.39, 0.29) is 13.2 Å². The monoisotopic (exact) mass is 307 g/mol. The number of rotatable bonds is 7. The van der Waals surface area contributed by atoms with E-state index in [2.05, 4.69) is 10.4 Å². The Labute approximate surface area is 121 Å². The van der Waals surface area contributed by atoms with Crippen LogP contribution in [-0.4, -0.2) is 34.4 Å². The minimum absolute atomic E-state index is 0.0398. The highest BCUT2D eigenvalue weighted by atomic mass is 19.4. The Hall–Kier alpha value is -1.57. The van der Waals surface area contributed by atoms with Crippen LogP contribution >= 0.6 is 0 Å². The number of carbonyl (C=O) groups is 1. The van der Waals surface area contributed by atoms with Crippen LogP contribution in [0.5, 0.6) is 0 Å². The van der Waals surface area contributed by atoms with Crippen molar-refractivity contribution in [1.29, 1.82) is 0 Å². The van der Waals surface area contributed by atoms with Crippen molar-refractivity contribution in [3.8, 4) is 0 Å². The molecule has 0 bridgehead atoms. The fourth-order valence-electron chi connectivity index (χ4n) is 1.81. The third-order valence-electron chi connectivity index (χ3n) is 2.90. The van der Waals surface area contributed by atoms with Gasteiger partial charge in [-0.1, -0.05) is 6.92 Å². The molecular formula is C13H20F3N3O2. The minimum Gasteiger partial charge on any atom is -0.465 e. The summed E-state index contributed by atoms with van der Waals surface area (Å²) in [6.45, 7) is 5.90. The summed E-state index contributed by atoms with van der Waals surface area (Å²) in [4.78, 5) is 12.0. The molecule has 8 heteroatoms. The largest absolute Gasteiger partial charge is 0.465 e. The van der Waals surface area contributed by atoms with Crippen molar-refractivity contribution in [2.24, 2.45) is 0 Å². The summed E-state index contributed by atoms with van der Waals surface area (Å²) < 4.78 is 43.7. The number of halogens is 3. The van der Waals surface area contributed by atoms with Crippen LogP contribution in [0.15, 0.2) is 12.3 Å². The van der Waals surface area contributed by atoms with Crippen LogP contribution in [-0.2, 0) is 22.3 Å². The molecule has 0 aliphatic heterocycles. The normalized spacial score (nSPS) is 14.8. The lowest BCUT2D eigenvalue weighted by Gasteiger charge is -2.28. The Morgan fingerprint density at radius 3 is 2.57 bits per heavy atom. The average molecular weight is 307 g/mol. The fraction of sp³-hybridized carbons (Fsp3) is 0.692. The van der Waals surface area contributed by atoms with E-state index in [1.807, 2.05) is 6.92 Å². The number of aromatic nitrogens is 2. The van der Waals surface area contributed by atoms with Gasteiger partial charge in [0.1, 0.15) is 5.54 Å². The Kier molecular flexibility index (Phi) is 5.77. The highest BCUT2D eigenvalue weighted by molar-refractivity contribution is 5.80. The molecule has 21 heavy (non-hydrogen) atoms. The summed E-state index contributed by atoms with van der Waals surface area (Å²) in [5.74, 6) is -0.512. The lowest BCUT2D eigenvalue weighted by Crippen LogP contribution is -2.53. The van der Waals surface area contributed by atoms with Gasteiger partial charge in [0.2, 0.25) is 0 Å². The molecule has 0 radical (unpaired) electrons. The molecule has 1 aromatic heterocycles. The standard InChI is InChI=1S/C13H20F3N3O2/c1-4-7-17-12(3,11(20)21-5-2)9-19-8-6-10(18-19)13(14,15)16/h6,8,17H,4-5,7,9H2,1-3H3. The van der Waals surface area contributed by atoms with Crippen LogP contribution in [0.3, 0.4) is 0 Å². The van der Waals surface area contributed by atoms with Crippen molar-refractivity contribution < 1.29 is 22.7 Å². The molecule has 0 aliphatic carbocycles. The molecule has 0 saturated heterocycles. The maximum atomic E-state index is 12.5. The second kappa shape index (κ2) is 6.93. The van der Waals surface area contributed by atoms with Crippen molar-refractivity contribution in [2.45, 2.75) is 45.5 Å². The molecule has 1 unspecified atom stereocenters. The molecule has 1 rings (SSSR count). The van der Waals surface area contributed by atoms with E-state index in [4.69, 9.17) is 4.74 Å². The first-order valence-corrected chi connectivity index (χ1v) is 6.76. The number of hydrogen-bond donors (Lipinski definition) is 1. The Morgan fingerprint density at radius 1 is 1.43 bits per heavy atom. The zero-order valence-corrected chi connectivity index (χ0v) is 12.3. The summed E-state index contributed by atoms with van der Waals surface area (Å²) >= 11 is 0. The fourth-order valence-corrected chi connectivity index (χ4v) is 1.81. The molecule has 1 heterocycles. The number of esters is 1. The number of nitrogens with one attached hydrogen (secondary N) is 1. The summed E-state index contributed by atoms with van der Waals surface area (Å²) in [6, 6.07) is 0.880. The van der Waals surface area contributed by atoms with Crippen molar-refractivity contribution in [2.75, 3.05) is 13.2 Å². The second-order valence-electron chi connectivity index (χ2n) is 4.88. The van der Waals surface area contributed by atoms with Crippen molar-refractivity contribution in [1.82, 2.24) is 15.1 Å². The van der Waals surface area contributed by atoms with Crippen molar-refractivity contribution in [3.05, 3.63) is 18.0 Å². The lowest BCUT2D eigenvalue weighted by atomic mass is 10.0. The third kappa shape index (κ3) is 4.73. The zero-order valence-electron chi connectivity index (χ0n) is 12.3. The summed E-state index contributed by atoms with van der Waals surface area (Å²) in [6.07, 6.45) is -2.52. The number of alkyl halides is 3. The molecule has 1 aromatic rings. The second-order valence-corrected chi connectivity index (χ2v) is 4.88. The predicted molar refractivity (Wildman–Crippen MR) is 70.6 cm³/mol. The Morgan fingerprint density at radius 2 is 2.10 bits per heavy atom. The Balaban J connectivity index is 2.90. The molecule has 120 valence electrons. The zero-order chi connectivity index (χ0) is 16.1. The quantitative estimate of drug-likeness (QED) is 0.785. The molecule has 0 aromatic carbocycles. The first-order valence-electron chi connectivity index (χ1n) is 6.76. The van der Waals surface area contributed by atoms with Crippen LogP contribution in [0.4, 0.5) is 13.2 Å². The van der Waals surface area contributed by atoms with Gasteiger partial charge in [-0.3, -0.25) is 4.68 Å².